The van der Waals surface area contributed by atoms with Crippen LogP contribution in [0.4, 0.5) is 5.69 Å². The van der Waals surface area contributed by atoms with Crippen LogP contribution in [0, 0.1) is 10.1 Å². The highest BCUT2D eigenvalue weighted by molar-refractivity contribution is 5.63. The van der Waals surface area contributed by atoms with Gasteiger partial charge in [0.05, 0.1) is 12.0 Å². The van der Waals surface area contributed by atoms with Crippen molar-refractivity contribution in [2.45, 2.75) is 0 Å². The van der Waals surface area contributed by atoms with Crippen molar-refractivity contribution in [2.75, 3.05) is 7.11 Å². The third-order valence-electron chi connectivity index (χ3n) is 3.16. The molecule has 0 saturated carbocycles. The maximum atomic E-state index is 10.7. The van der Waals surface area contributed by atoms with Crippen molar-refractivity contribution in [3.63, 3.8) is 0 Å². The summed E-state index contributed by atoms with van der Waals surface area (Å²) in [6.07, 6.45) is 0. The van der Waals surface area contributed by atoms with Gasteiger partial charge in [0.15, 0.2) is 11.6 Å². The van der Waals surface area contributed by atoms with Gasteiger partial charge in [0, 0.05) is 23.3 Å². The van der Waals surface area contributed by atoms with E-state index in [9.17, 15) is 10.1 Å². The molecule has 1 N–H and O–H groups in total. The highest BCUT2D eigenvalue weighted by atomic mass is 16.6. The van der Waals surface area contributed by atoms with Gasteiger partial charge in [-0.3, -0.25) is 15.2 Å². The molecule has 0 amide bonds. The van der Waals surface area contributed by atoms with Crippen LogP contribution in [0.2, 0.25) is 0 Å². The van der Waals surface area contributed by atoms with Crippen molar-refractivity contribution in [1.29, 1.82) is 0 Å². The molecule has 22 heavy (non-hydrogen) atoms. The predicted molar refractivity (Wildman–Crippen MR) is 80.5 cm³/mol. The predicted octanol–water partition coefficient (Wildman–Crippen LogP) is 3.06. The van der Waals surface area contributed by atoms with E-state index in [-0.39, 0.29) is 5.69 Å². The number of ether oxygens (including phenoxy) is 1. The highest BCUT2D eigenvalue weighted by Gasteiger charge is 2.10. The van der Waals surface area contributed by atoms with Gasteiger partial charge in [-0.1, -0.05) is 12.1 Å². The Morgan fingerprint density at radius 1 is 1.14 bits per heavy atom. The molecular formula is C15H12N4O3. The summed E-state index contributed by atoms with van der Waals surface area (Å²) in [5.41, 5.74) is 1.59. The zero-order valence-corrected chi connectivity index (χ0v) is 11.7. The molecule has 0 aliphatic rings. The van der Waals surface area contributed by atoms with Crippen LogP contribution < -0.4 is 4.74 Å². The number of benzene rings is 2. The van der Waals surface area contributed by atoms with Crippen molar-refractivity contribution in [1.82, 2.24) is 15.2 Å². The number of non-ortho nitro benzene ring substituents is 1. The van der Waals surface area contributed by atoms with Crippen LogP contribution in [0.1, 0.15) is 0 Å². The largest absolute Gasteiger partial charge is 0.497 e. The fourth-order valence-corrected chi connectivity index (χ4v) is 2.02. The van der Waals surface area contributed by atoms with E-state index in [0.29, 0.717) is 11.6 Å². The summed E-state index contributed by atoms with van der Waals surface area (Å²) in [5, 5.41) is 17.7. The van der Waals surface area contributed by atoms with Gasteiger partial charge < -0.3 is 4.74 Å². The summed E-state index contributed by atoms with van der Waals surface area (Å²) in [6, 6.07) is 13.5. The lowest BCUT2D eigenvalue weighted by molar-refractivity contribution is -0.384. The standard InChI is InChI=1S/C15H12N4O3/c1-22-13-4-2-3-11(9-13)15-16-14(17-18-15)10-5-7-12(8-6-10)19(20)21/h2-9H,1H3,(H,16,17,18). The Kier molecular flexibility index (Phi) is 3.53. The molecule has 110 valence electrons. The van der Waals surface area contributed by atoms with Crippen LogP contribution in [0.25, 0.3) is 22.8 Å². The van der Waals surface area contributed by atoms with Crippen molar-refractivity contribution < 1.29 is 9.66 Å². The minimum atomic E-state index is -0.439. The van der Waals surface area contributed by atoms with Gasteiger partial charge in [0.2, 0.25) is 0 Å². The highest BCUT2D eigenvalue weighted by Crippen LogP contribution is 2.24. The Balaban J connectivity index is 1.91. The van der Waals surface area contributed by atoms with Gasteiger partial charge in [-0.2, -0.15) is 5.10 Å². The minimum Gasteiger partial charge on any atom is -0.497 e. The molecule has 1 aromatic heterocycles. The Morgan fingerprint density at radius 2 is 1.91 bits per heavy atom. The molecule has 7 heteroatoms. The Hall–Kier alpha value is -3.22. The van der Waals surface area contributed by atoms with Crippen LogP contribution in [-0.2, 0) is 0 Å². The topological polar surface area (TPSA) is 93.9 Å². The molecule has 0 spiro atoms. The SMILES string of the molecule is COc1cccc(-c2n[nH]c(-c3ccc([N+](=O)[O-])cc3)n2)c1. The third kappa shape index (κ3) is 2.64. The number of methoxy groups -OCH3 is 1. The molecule has 0 atom stereocenters. The van der Waals surface area contributed by atoms with Crippen LogP contribution in [-0.4, -0.2) is 27.2 Å². The maximum absolute atomic E-state index is 10.7. The molecule has 7 nitrogen and oxygen atoms in total. The Morgan fingerprint density at radius 3 is 2.59 bits per heavy atom. The summed E-state index contributed by atoms with van der Waals surface area (Å²) in [4.78, 5) is 14.6. The first-order valence-electron chi connectivity index (χ1n) is 6.49. The number of nitrogens with zero attached hydrogens (tertiary/aromatic N) is 3. The molecule has 0 unspecified atom stereocenters. The van der Waals surface area contributed by atoms with Crippen LogP contribution >= 0.6 is 0 Å². The molecule has 0 radical (unpaired) electrons. The fraction of sp³-hybridized carbons (Fsp3) is 0.0667. The lowest BCUT2D eigenvalue weighted by atomic mass is 10.2. The molecule has 3 rings (SSSR count). The number of aromatic amines is 1. The summed E-state index contributed by atoms with van der Waals surface area (Å²) in [6.45, 7) is 0. The molecule has 0 bridgehead atoms. The van der Waals surface area contributed by atoms with E-state index in [1.807, 2.05) is 24.3 Å². The molecular weight excluding hydrogens is 284 g/mol. The number of H-pyrrole nitrogens is 1. The first-order valence-corrected chi connectivity index (χ1v) is 6.49. The monoisotopic (exact) mass is 296 g/mol. The van der Waals surface area contributed by atoms with E-state index in [1.165, 1.54) is 12.1 Å². The van der Waals surface area contributed by atoms with E-state index in [1.54, 1.807) is 19.2 Å². The summed E-state index contributed by atoms with van der Waals surface area (Å²) >= 11 is 0. The molecule has 0 saturated heterocycles. The van der Waals surface area contributed by atoms with Crippen molar-refractivity contribution in [3.8, 4) is 28.5 Å². The number of nitrogens with one attached hydrogen (secondary N) is 1. The van der Waals surface area contributed by atoms with Crippen LogP contribution in [0.5, 0.6) is 5.75 Å². The van der Waals surface area contributed by atoms with E-state index < -0.39 is 4.92 Å². The zero-order chi connectivity index (χ0) is 15.5. The molecule has 1 heterocycles. The summed E-state index contributed by atoms with van der Waals surface area (Å²) in [7, 11) is 1.60. The van der Waals surface area contributed by atoms with E-state index in [2.05, 4.69) is 15.2 Å². The second-order valence-electron chi connectivity index (χ2n) is 4.54. The van der Waals surface area contributed by atoms with E-state index in [4.69, 9.17) is 4.74 Å². The third-order valence-corrected chi connectivity index (χ3v) is 3.16. The summed E-state index contributed by atoms with van der Waals surface area (Å²) < 4.78 is 5.17. The van der Waals surface area contributed by atoms with Crippen molar-refractivity contribution in [2.24, 2.45) is 0 Å². The summed E-state index contributed by atoms with van der Waals surface area (Å²) in [5.74, 6) is 1.80. The number of nitro benzene ring substituents is 1. The molecule has 3 aromatic rings. The van der Waals surface area contributed by atoms with Crippen molar-refractivity contribution in [3.05, 3.63) is 58.6 Å². The van der Waals surface area contributed by atoms with Gasteiger partial charge >= 0.3 is 0 Å². The maximum Gasteiger partial charge on any atom is 0.269 e. The average molecular weight is 296 g/mol. The minimum absolute atomic E-state index is 0.0382. The number of hydrogen-bond acceptors (Lipinski definition) is 5. The quantitative estimate of drug-likeness (QED) is 0.590. The molecule has 0 fully saturated rings. The first-order chi connectivity index (χ1) is 10.7. The van der Waals surface area contributed by atoms with Crippen molar-refractivity contribution >= 4 is 5.69 Å². The lowest BCUT2D eigenvalue weighted by Gasteiger charge is -2.00. The van der Waals surface area contributed by atoms with Gasteiger partial charge in [-0.15, -0.1) is 0 Å². The van der Waals surface area contributed by atoms with Gasteiger partial charge in [-0.25, -0.2) is 4.98 Å². The van der Waals surface area contributed by atoms with E-state index >= 15 is 0 Å². The fourth-order valence-electron chi connectivity index (χ4n) is 2.02. The molecule has 2 aromatic carbocycles. The normalized spacial score (nSPS) is 10.4. The van der Waals surface area contributed by atoms with Gasteiger partial charge in [0.25, 0.3) is 5.69 Å². The second-order valence-corrected chi connectivity index (χ2v) is 4.54. The number of rotatable bonds is 4. The molecule has 0 aliphatic heterocycles. The number of aromatic nitrogens is 3. The first kappa shape index (κ1) is 13.7. The molecule has 0 aliphatic carbocycles. The average Bonchev–Trinajstić information content (AvgIpc) is 3.05. The van der Waals surface area contributed by atoms with Gasteiger partial charge in [0.1, 0.15) is 5.75 Å². The van der Waals surface area contributed by atoms with Crippen LogP contribution in [0.15, 0.2) is 48.5 Å². The van der Waals surface area contributed by atoms with Crippen LogP contribution in [0.3, 0.4) is 0 Å². The Bertz CT molecular complexity index is 812. The Labute approximate surface area is 125 Å². The number of hydrogen-bond donors (Lipinski definition) is 1. The van der Waals surface area contributed by atoms with E-state index in [0.717, 1.165) is 16.9 Å². The lowest BCUT2D eigenvalue weighted by Crippen LogP contribution is -1.88. The zero-order valence-electron chi connectivity index (χ0n) is 11.7. The smallest absolute Gasteiger partial charge is 0.269 e. The van der Waals surface area contributed by atoms with Gasteiger partial charge in [-0.05, 0) is 24.3 Å². The number of nitro groups is 1. The second kappa shape index (κ2) is 5.65.